The topological polar surface area (TPSA) is 74.3 Å². The summed E-state index contributed by atoms with van der Waals surface area (Å²) in [7, 11) is 0. The summed E-state index contributed by atoms with van der Waals surface area (Å²) in [5.74, 6) is 1.01. The van der Waals surface area contributed by atoms with E-state index in [-0.39, 0.29) is 18.2 Å². The quantitative estimate of drug-likeness (QED) is 0.669. The molecule has 1 saturated heterocycles. The van der Waals surface area contributed by atoms with E-state index in [1.54, 1.807) is 12.1 Å². The van der Waals surface area contributed by atoms with Gasteiger partial charge < -0.3 is 10.6 Å². The summed E-state index contributed by atoms with van der Waals surface area (Å²) in [4.78, 5) is 32.8. The zero-order valence-corrected chi connectivity index (χ0v) is 19.4. The van der Waals surface area contributed by atoms with Gasteiger partial charge in [0.15, 0.2) is 5.13 Å². The van der Waals surface area contributed by atoms with Gasteiger partial charge in [0.05, 0.1) is 16.6 Å². The number of likely N-dealkylation sites (tertiary alicyclic amines) is 1. The van der Waals surface area contributed by atoms with E-state index in [1.165, 1.54) is 29.5 Å². The molecule has 30 heavy (non-hydrogen) atoms. The van der Waals surface area contributed by atoms with Gasteiger partial charge in [-0.2, -0.15) is 0 Å². The molecule has 2 aromatic rings. The lowest BCUT2D eigenvalue weighted by molar-refractivity contribution is -0.120. The molecule has 3 heterocycles. The molecule has 0 aliphatic carbocycles. The van der Waals surface area contributed by atoms with E-state index in [0.717, 1.165) is 30.2 Å². The van der Waals surface area contributed by atoms with Crippen LogP contribution in [0.3, 0.4) is 0 Å². The van der Waals surface area contributed by atoms with Crippen molar-refractivity contribution in [2.24, 2.45) is 11.8 Å². The highest BCUT2D eigenvalue weighted by molar-refractivity contribution is 8.01. The Labute approximate surface area is 189 Å². The van der Waals surface area contributed by atoms with Crippen molar-refractivity contribution in [2.75, 3.05) is 23.7 Å². The smallest absolute Gasteiger partial charge is 0.238 e. The number of rotatable bonds is 5. The number of benzene rings is 1. The Bertz CT molecular complexity index is 941. The van der Waals surface area contributed by atoms with Gasteiger partial charge in [-0.15, -0.1) is 23.1 Å². The highest BCUT2D eigenvalue weighted by Gasteiger charge is 2.29. The zero-order chi connectivity index (χ0) is 21.3. The summed E-state index contributed by atoms with van der Waals surface area (Å²) < 4.78 is 0. The van der Waals surface area contributed by atoms with Crippen molar-refractivity contribution in [1.82, 2.24) is 9.88 Å². The largest absolute Gasteiger partial charge is 0.324 e. The van der Waals surface area contributed by atoms with Crippen LogP contribution in [0.15, 0.2) is 28.5 Å². The van der Waals surface area contributed by atoms with E-state index in [0.29, 0.717) is 27.7 Å². The molecule has 1 aromatic heterocycles. The first-order valence-corrected chi connectivity index (χ1v) is 12.2. The number of nitrogens with one attached hydrogen (secondary N) is 2. The van der Waals surface area contributed by atoms with Crippen LogP contribution in [0.25, 0.3) is 0 Å². The fraction of sp³-hybridized carbons (Fsp3) is 0.476. The van der Waals surface area contributed by atoms with Crippen molar-refractivity contribution in [3.05, 3.63) is 34.3 Å². The monoisotopic (exact) mass is 464 g/mol. The number of anilines is 2. The zero-order valence-electron chi connectivity index (χ0n) is 17.0. The van der Waals surface area contributed by atoms with Crippen LogP contribution in [0, 0.1) is 11.8 Å². The van der Waals surface area contributed by atoms with Crippen LogP contribution in [0.5, 0.6) is 0 Å². The molecule has 2 amide bonds. The van der Waals surface area contributed by atoms with Gasteiger partial charge in [0.25, 0.3) is 0 Å². The molecule has 9 heteroatoms. The molecule has 0 radical (unpaired) electrons. The van der Waals surface area contributed by atoms with E-state index < -0.39 is 5.25 Å². The number of carbonyl (C=O) groups excluding carboxylic acids is 2. The van der Waals surface area contributed by atoms with Crippen LogP contribution >= 0.6 is 34.7 Å². The van der Waals surface area contributed by atoms with E-state index in [4.69, 9.17) is 11.6 Å². The van der Waals surface area contributed by atoms with Crippen molar-refractivity contribution in [1.29, 1.82) is 0 Å². The Morgan fingerprint density at radius 1 is 1.33 bits per heavy atom. The summed E-state index contributed by atoms with van der Waals surface area (Å²) in [6, 6.07) is 5.37. The first kappa shape index (κ1) is 21.6. The molecule has 2 aliphatic rings. The average molecular weight is 465 g/mol. The highest BCUT2D eigenvalue weighted by Crippen LogP contribution is 2.38. The maximum Gasteiger partial charge on any atom is 0.238 e. The maximum atomic E-state index is 12.5. The molecular formula is C21H25ClN4O2S2. The van der Waals surface area contributed by atoms with Gasteiger partial charge in [0, 0.05) is 41.4 Å². The van der Waals surface area contributed by atoms with E-state index in [2.05, 4.69) is 34.4 Å². The normalized spacial score (nSPS) is 24.2. The second kappa shape index (κ2) is 9.26. The number of thiazole rings is 1. The number of fused-ring (bicyclic) bond motifs is 1. The molecule has 0 spiro atoms. The first-order valence-electron chi connectivity index (χ1n) is 10.1. The standard InChI is InChI=1S/C21H25ClN4O2S2/c1-12-5-13(2)9-26(8-12)10-15-11-29-21(23-15)25-19(27)7-18-20(28)24-16-6-14(22)3-4-17(16)30-18/h3-4,6,11-13,18H,5,7-10H2,1-2H3,(H,24,28)(H,23,25,27). The van der Waals surface area contributed by atoms with Gasteiger partial charge in [-0.1, -0.05) is 25.4 Å². The number of hydrogen-bond donors (Lipinski definition) is 2. The molecule has 2 N–H and O–H groups in total. The van der Waals surface area contributed by atoms with Crippen LogP contribution in [0.1, 0.15) is 32.4 Å². The number of piperidine rings is 1. The summed E-state index contributed by atoms with van der Waals surface area (Å²) in [6.45, 7) is 7.57. The van der Waals surface area contributed by atoms with Gasteiger partial charge in [0.2, 0.25) is 11.8 Å². The molecule has 6 nitrogen and oxygen atoms in total. The number of carbonyl (C=O) groups is 2. The lowest BCUT2D eigenvalue weighted by Gasteiger charge is -2.34. The number of thioether (sulfide) groups is 1. The molecule has 3 unspecified atom stereocenters. The minimum atomic E-state index is -0.477. The minimum Gasteiger partial charge on any atom is -0.324 e. The molecule has 2 aliphatic heterocycles. The van der Waals surface area contributed by atoms with Crippen LogP contribution in [-0.4, -0.2) is 40.0 Å². The molecule has 160 valence electrons. The molecular weight excluding hydrogens is 440 g/mol. The van der Waals surface area contributed by atoms with Crippen molar-refractivity contribution < 1.29 is 9.59 Å². The number of hydrogen-bond acceptors (Lipinski definition) is 6. The predicted molar refractivity (Wildman–Crippen MR) is 123 cm³/mol. The maximum absolute atomic E-state index is 12.5. The van der Waals surface area contributed by atoms with Gasteiger partial charge in [-0.05, 0) is 36.5 Å². The molecule has 4 rings (SSSR count). The van der Waals surface area contributed by atoms with Crippen LogP contribution in [0.4, 0.5) is 10.8 Å². The van der Waals surface area contributed by atoms with Crippen molar-refractivity contribution in [3.63, 3.8) is 0 Å². The van der Waals surface area contributed by atoms with Crippen molar-refractivity contribution in [2.45, 2.75) is 43.4 Å². The number of aromatic nitrogens is 1. The number of nitrogens with zero attached hydrogens (tertiary/aromatic N) is 2. The van der Waals surface area contributed by atoms with Crippen LogP contribution < -0.4 is 10.6 Å². The lowest BCUT2D eigenvalue weighted by atomic mass is 9.92. The predicted octanol–water partition coefficient (Wildman–Crippen LogP) is 4.72. The van der Waals surface area contributed by atoms with E-state index in [9.17, 15) is 9.59 Å². The van der Waals surface area contributed by atoms with Gasteiger partial charge >= 0.3 is 0 Å². The Hall–Kier alpha value is -1.61. The van der Waals surface area contributed by atoms with E-state index >= 15 is 0 Å². The first-order chi connectivity index (χ1) is 14.4. The third kappa shape index (κ3) is 5.35. The molecule has 0 bridgehead atoms. The molecule has 1 aromatic carbocycles. The van der Waals surface area contributed by atoms with Crippen LogP contribution in [0.2, 0.25) is 5.02 Å². The van der Waals surface area contributed by atoms with Gasteiger partial charge in [-0.25, -0.2) is 4.98 Å². The number of amides is 2. The van der Waals surface area contributed by atoms with Crippen molar-refractivity contribution in [3.8, 4) is 0 Å². The highest BCUT2D eigenvalue weighted by atomic mass is 35.5. The summed E-state index contributed by atoms with van der Waals surface area (Å²) >= 11 is 8.80. The van der Waals surface area contributed by atoms with Crippen molar-refractivity contribution >= 4 is 57.3 Å². The Morgan fingerprint density at radius 3 is 2.87 bits per heavy atom. The van der Waals surface area contributed by atoms with E-state index in [1.807, 2.05) is 11.4 Å². The summed E-state index contributed by atoms with van der Waals surface area (Å²) in [5, 5.41) is 8.36. The summed E-state index contributed by atoms with van der Waals surface area (Å²) in [5.41, 5.74) is 1.67. The molecule has 0 saturated carbocycles. The number of halogens is 1. The second-order valence-corrected chi connectivity index (χ2v) is 10.8. The minimum absolute atomic E-state index is 0.0919. The fourth-order valence-electron chi connectivity index (χ4n) is 4.18. The Balaban J connectivity index is 1.31. The van der Waals surface area contributed by atoms with Crippen LogP contribution in [-0.2, 0) is 16.1 Å². The molecule has 3 atom stereocenters. The Morgan fingerprint density at radius 2 is 2.10 bits per heavy atom. The summed E-state index contributed by atoms with van der Waals surface area (Å²) in [6.07, 6.45) is 1.37. The lowest BCUT2D eigenvalue weighted by Crippen LogP contribution is -2.38. The third-order valence-electron chi connectivity index (χ3n) is 5.26. The van der Waals surface area contributed by atoms with Gasteiger partial charge in [-0.3, -0.25) is 14.5 Å². The third-order valence-corrected chi connectivity index (χ3v) is 7.58. The Kier molecular flexibility index (Phi) is 6.67. The van der Waals surface area contributed by atoms with Gasteiger partial charge in [0.1, 0.15) is 0 Å². The SMILES string of the molecule is CC1CC(C)CN(Cc2csc(NC(=O)CC3Sc4ccc(Cl)cc4NC3=O)n2)C1. The fourth-order valence-corrected chi connectivity index (χ4v) is 6.16. The average Bonchev–Trinajstić information content (AvgIpc) is 3.08. The molecule has 1 fully saturated rings. The second-order valence-electron chi connectivity index (χ2n) is 8.27.